The van der Waals surface area contributed by atoms with E-state index in [9.17, 15) is 28.5 Å². The minimum Gasteiger partial charge on any atom is -0.477 e. The van der Waals surface area contributed by atoms with Crippen molar-refractivity contribution < 1.29 is 33.2 Å². The number of carboxylic acids is 1. The van der Waals surface area contributed by atoms with Gasteiger partial charge in [0.05, 0.1) is 17.2 Å². The van der Waals surface area contributed by atoms with Gasteiger partial charge in [-0.25, -0.2) is 4.79 Å². The molecule has 0 radical (unpaired) electrons. The highest BCUT2D eigenvalue weighted by Gasteiger charge is 2.68. The molecule has 2 aliphatic heterocycles. The fourth-order valence-electron chi connectivity index (χ4n) is 3.16. The molecule has 2 aliphatic rings. The van der Waals surface area contributed by atoms with Crippen molar-refractivity contribution >= 4 is 57.7 Å². The van der Waals surface area contributed by atoms with Gasteiger partial charge in [0.25, 0.3) is 5.91 Å². The first kappa shape index (κ1) is 21.5. The van der Waals surface area contributed by atoms with Crippen molar-refractivity contribution in [1.29, 1.82) is 0 Å². The van der Waals surface area contributed by atoms with E-state index in [-0.39, 0.29) is 30.1 Å². The maximum Gasteiger partial charge on any atom is 0.352 e. The van der Waals surface area contributed by atoms with Crippen LogP contribution in [0.5, 0.6) is 0 Å². The van der Waals surface area contributed by atoms with Crippen molar-refractivity contribution in [2.24, 2.45) is 0 Å². The Morgan fingerprint density at radius 1 is 1.45 bits per heavy atom. The number of thioether (sulfide) groups is 1. The monoisotopic (exact) mass is 458 g/mol. The third kappa shape index (κ3) is 3.83. The Balaban J connectivity index is 1.87. The van der Waals surface area contributed by atoms with Gasteiger partial charge in [-0.1, -0.05) is 6.07 Å². The van der Waals surface area contributed by atoms with Crippen molar-refractivity contribution in [3.8, 4) is 0 Å². The zero-order valence-electron chi connectivity index (χ0n) is 15.5. The van der Waals surface area contributed by atoms with E-state index >= 15 is 0 Å². The van der Waals surface area contributed by atoms with Crippen LogP contribution >= 0.6 is 23.1 Å². The Morgan fingerprint density at radius 2 is 2.17 bits per heavy atom. The van der Waals surface area contributed by atoms with Crippen LogP contribution in [0.4, 0.5) is 0 Å². The number of amides is 2. The summed E-state index contributed by atoms with van der Waals surface area (Å²) in [7, 11) is -1.79. The van der Waals surface area contributed by atoms with Crippen LogP contribution in [0, 0.1) is 0 Å². The van der Waals surface area contributed by atoms with Gasteiger partial charge < -0.3 is 15.2 Å². The fraction of sp³-hybridized carbons (Fsp3) is 0.412. The first-order valence-corrected chi connectivity index (χ1v) is 11.9. The van der Waals surface area contributed by atoms with Gasteiger partial charge >= 0.3 is 11.9 Å². The molecule has 12 heteroatoms. The van der Waals surface area contributed by atoms with Crippen LogP contribution < -0.4 is 5.32 Å². The van der Waals surface area contributed by atoms with Crippen molar-refractivity contribution in [2.75, 3.05) is 18.6 Å². The molecule has 1 saturated heterocycles. The molecular weight excluding hydrogens is 440 g/mol. The van der Waals surface area contributed by atoms with Crippen LogP contribution in [0.1, 0.15) is 11.8 Å². The first-order valence-electron chi connectivity index (χ1n) is 8.39. The van der Waals surface area contributed by atoms with E-state index < -0.39 is 44.8 Å². The van der Waals surface area contributed by atoms with Gasteiger partial charge in [0, 0.05) is 29.4 Å². The fourth-order valence-corrected chi connectivity index (χ4v) is 6.79. The number of hydrogen-bond acceptors (Lipinski definition) is 8. The van der Waals surface area contributed by atoms with Crippen LogP contribution in [0.15, 0.2) is 28.8 Å². The van der Waals surface area contributed by atoms with Gasteiger partial charge in [0.1, 0.15) is 17.7 Å². The van der Waals surface area contributed by atoms with Crippen LogP contribution in [0.3, 0.4) is 0 Å². The molecular formula is C17H18N2O7S3. The molecule has 3 atom stereocenters. The molecule has 29 heavy (non-hydrogen) atoms. The number of hydrogen-bond donors (Lipinski definition) is 2. The maximum absolute atomic E-state index is 13.0. The number of β-lactam (4-membered cyclic amide) rings is 1. The standard InChI is InChI=1S/C17H18N2O7S3/c1-9(20)26-7-10-8-28-16-17(29(2)25,15(24)19(16)13(10)14(22)23)18-12(21)6-11-4-3-5-27-11/h3-5,16H,6-8H2,1-2H3,(H,18,21)(H,22,23)/t16-,17-,29?/m1/s1. The molecule has 1 aromatic heterocycles. The summed E-state index contributed by atoms with van der Waals surface area (Å²) in [6.07, 6.45) is 1.33. The van der Waals surface area contributed by atoms with Gasteiger partial charge in [-0.3, -0.25) is 23.5 Å². The number of nitrogens with zero attached hydrogens (tertiary/aromatic N) is 1. The van der Waals surface area contributed by atoms with Crippen LogP contribution in [-0.2, 0) is 41.1 Å². The molecule has 2 amide bonds. The van der Waals surface area contributed by atoms with E-state index in [1.807, 2.05) is 5.38 Å². The Labute approximate surface area is 176 Å². The molecule has 0 spiro atoms. The third-order valence-electron chi connectivity index (χ3n) is 4.46. The van der Waals surface area contributed by atoms with Crippen molar-refractivity contribution in [3.05, 3.63) is 33.7 Å². The van der Waals surface area contributed by atoms with Crippen LogP contribution in [-0.4, -0.2) is 66.8 Å². The summed E-state index contributed by atoms with van der Waals surface area (Å²) in [4.78, 5) is 48.5. The highest BCUT2D eigenvalue weighted by atomic mass is 32.2. The Hall–Kier alpha value is -2.18. The van der Waals surface area contributed by atoms with Crippen LogP contribution in [0.2, 0.25) is 0 Å². The van der Waals surface area contributed by atoms with Crippen LogP contribution in [0.25, 0.3) is 0 Å². The average molecular weight is 459 g/mol. The number of rotatable bonds is 7. The lowest BCUT2D eigenvalue weighted by atomic mass is 10.0. The second-order valence-corrected chi connectivity index (χ2v) is 10.0. The molecule has 0 saturated carbocycles. The predicted octanol–water partition coefficient (Wildman–Crippen LogP) is 0.299. The second kappa shape index (κ2) is 8.28. The number of carbonyl (C=O) groups is 4. The molecule has 3 heterocycles. The number of carbonyl (C=O) groups excluding carboxylic acids is 3. The smallest absolute Gasteiger partial charge is 0.352 e. The third-order valence-corrected chi connectivity index (χ3v) is 8.28. The normalized spacial score (nSPS) is 24.4. The molecule has 156 valence electrons. The highest BCUT2D eigenvalue weighted by molar-refractivity contribution is 8.01. The van der Waals surface area contributed by atoms with E-state index in [0.717, 1.165) is 9.78 Å². The minimum absolute atomic E-state index is 0.0284. The molecule has 1 fully saturated rings. The Morgan fingerprint density at radius 3 is 2.72 bits per heavy atom. The number of aliphatic carboxylic acids is 1. The second-order valence-electron chi connectivity index (χ2n) is 6.37. The largest absolute Gasteiger partial charge is 0.477 e. The zero-order chi connectivity index (χ0) is 21.3. The summed E-state index contributed by atoms with van der Waals surface area (Å²) in [5.74, 6) is -3.00. The van der Waals surface area contributed by atoms with E-state index in [0.29, 0.717) is 0 Å². The number of carboxylic acid groups (broad SMARTS) is 1. The SMILES string of the molecule is CC(=O)OCC1=C(C(=O)O)N2C(=O)[C@@](NC(=O)Cc3cccs3)(S(C)=O)[C@H]2SC1. The van der Waals surface area contributed by atoms with E-state index in [4.69, 9.17) is 4.74 Å². The Bertz CT molecular complexity index is 927. The van der Waals surface area contributed by atoms with E-state index in [1.165, 1.54) is 36.3 Å². The molecule has 3 rings (SSSR count). The average Bonchev–Trinajstić information content (AvgIpc) is 3.15. The van der Waals surface area contributed by atoms with Gasteiger partial charge in [-0.05, 0) is 11.4 Å². The number of nitrogens with one attached hydrogen (secondary N) is 1. The van der Waals surface area contributed by atoms with Crippen molar-refractivity contribution in [1.82, 2.24) is 10.2 Å². The predicted molar refractivity (Wildman–Crippen MR) is 107 cm³/mol. The number of esters is 1. The van der Waals surface area contributed by atoms with E-state index in [2.05, 4.69) is 5.32 Å². The number of ether oxygens (including phenoxy) is 1. The lowest BCUT2D eigenvalue weighted by Gasteiger charge is -2.55. The molecule has 1 unspecified atom stereocenters. The van der Waals surface area contributed by atoms with Gasteiger partial charge in [0.2, 0.25) is 10.8 Å². The lowest BCUT2D eigenvalue weighted by Crippen LogP contribution is -2.81. The quantitative estimate of drug-likeness (QED) is 0.441. The summed E-state index contributed by atoms with van der Waals surface area (Å²) >= 11 is 2.55. The topological polar surface area (TPSA) is 130 Å². The summed E-state index contributed by atoms with van der Waals surface area (Å²) < 4.78 is 17.4. The first-order chi connectivity index (χ1) is 13.7. The summed E-state index contributed by atoms with van der Waals surface area (Å²) in [5, 5.41) is 13.2. The van der Waals surface area contributed by atoms with Gasteiger partial charge in [0.15, 0.2) is 0 Å². The molecule has 0 aromatic carbocycles. The van der Waals surface area contributed by atoms with Gasteiger partial charge in [-0.15, -0.1) is 23.1 Å². The summed E-state index contributed by atoms with van der Waals surface area (Å²) in [5.41, 5.74) is -0.0312. The number of fused-ring (bicyclic) bond motifs is 1. The maximum atomic E-state index is 13.0. The molecule has 1 aromatic rings. The van der Waals surface area contributed by atoms with E-state index in [1.54, 1.807) is 12.1 Å². The zero-order valence-corrected chi connectivity index (χ0v) is 17.9. The molecule has 9 nitrogen and oxygen atoms in total. The minimum atomic E-state index is -1.79. The lowest BCUT2D eigenvalue weighted by molar-refractivity contribution is -0.153. The van der Waals surface area contributed by atoms with Crippen molar-refractivity contribution in [3.63, 3.8) is 0 Å². The van der Waals surface area contributed by atoms with Gasteiger partial charge in [-0.2, -0.15) is 0 Å². The molecule has 0 aliphatic carbocycles. The van der Waals surface area contributed by atoms with Crippen molar-refractivity contribution in [2.45, 2.75) is 23.6 Å². The molecule has 0 bridgehead atoms. The highest BCUT2D eigenvalue weighted by Crippen LogP contribution is 2.47. The Kier molecular flexibility index (Phi) is 6.15. The summed E-state index contributed by atoms with van der Waals surface area (Å²) in [6.45, 7) is 0.941. The molecule has 2 N–H and O–H groups in total. The summed E-state index contributed by atoms with van der Waals surface area (Å²) in [6, 6.07) is 3.57. The number of thiophene rings is 1.